The lowest BCUT2D eigenvalue weighted by Gasteiger charge is -2.35. The third-order valence-corrected chi connectivity index (χ3v) is 4.65. The van der Waals surface area contributed by atoms with Gasteiger partial charge in [-0.1, -0.05) is 6.07 Å². The number of carbonyl (C=O) groups excluding carboxylic acids is 2. The summed E-state index contributed by atoms with van der Waals surface area (Å²) in [5.41, 5.74) is 2.33. The van der Waals surface area contributed by atoms with Gasteiger partial charge in [-0.15, -0.1) is 0 Å². The van der Waals surface area contributed by atoms with E-state index in [1.807, 2.05) is 6.92 Å². The first-order valence-electron chi connectivity index (χ1n) is 8.30. The van der Waals surface area contributed by atoms with Gasteiger partial charge in [-0.3, -0.25) is 9.59 Å². The number of benzene rings is 1. The van der Waals surface area contributed by atoms with Crippen molar-refractivity contribution < 1.29 is 18.4 Å². The molecule has 132 valence electrons. The third kappa shape index (κ3) is 3.43. The number of rotatable bonds is 3. The van der Waals surface area contributed by atoms with Crippen molar-refractivity contribution in [1.29, 1.82) is 0 Å². The Morgan fingerprint density at radius 2 is 2.08 bits per heavy atom. The third-order valence-electron chi connectivity index (χ3n) is 4.65. The van der Waals surface area contributed by atoms with Crippen LogP contribution in [0.2, 0.25) is 0 Å². The van der Waals surface area contributed by atoms with Gasteiger partial charge in [0.2, 0.25) is 5.91 Å². The largest absolute Gasteiger partial charge is 0.466 e. The molecule has 1 aromatic carbocycles. The van der Waals surface area contributed by atoms with Crippen LogP contribution in [0.15, 0.2) is 28.7 Å². The van der Waals surface area contributed by atoms with Crippen LogP contribution in [0.4, 0.5) is 4.39 Å². The van der Waals surface area contributed by atoms with Gasteiger partial charge in [0.25, 0.3) is 5.91 Å². The molecule has 1 aliphatic heterocycles. The Morgan fingerprint density at radius 3 is 2.76 bits per heavy atom. The van der Waals surface area contributed by atoms with Crippen molar-refractivity contribution in [2.24, 2.45) is 0 Å². The molecule has 0 saturated carbocycles. The number of hydrogen-bond donors (Lipinski definition) is 1. The summed E-state index contributed by atoms with van der Waals surface area (Å²) in [7, 11) is 0. The molecule has 1 aromatic heterocycles. The second kappa shape index (κ2) is 6.70. The molecular formula is C19H21FN2O3. The Bertz CT molecular complexity index is 828. The van der Waals surface area contributed by atoms with Crippen LogP contribution in [0.25, 0.3) is 0 Å². The van der Waals surface area contributed by atoms with Crippen molar-refractivity contribution >= 4 is 11.8 Å². The van der Waals surface area contributed by atoms with Crippen LogP contribution in [0.5, 0.6) is 0 Å². The summed E-state index contributed by atoms with van der Waals surface area (Å²) >= 11 is 0. The second-order valence-electron chi connectivity index (χ2n) is 6.37. The molecule has 2 aromatic rings. The first kappa shape index (κ1) is 17.2. The molecule has 3 rings (SSSR count). The Morgan fingerprint density at radius 1 is 1.32 bits per heavy atom. The van der Waals surface area contributed by atoms with Gasteiger partial charge in [0.1, 0.15) is 17.3 Å². The zero-order chi connectivity index (χ0) is 18.1. The minimum Gasteiger partial charge on any atom is -0.466 e. The summed E-state index contributed by atoms with van der Waals surface area (Å²) in [4.78, 5) is 26.4. The van der Waals surface area contributed by atoms with Crippen molar-refractivity contribution in [2.75, 3.05) is 13.1 Å². The number of furan rings is 1. The Kier molecular flexibility index (Phi) is 4.61. The minimum absolute atomic E-state index is 0.0800. The van der Waals surface area contributed by atoms with Crippen LogP contribution in [0, 0.1) is 19.7 Å². The fraction of sp³-hybridized carbons (Fsp3) is 0.368. The molecule has 0 unspecified atom stereocenters. The smallest absolute Gasteiger partial charge is 0.255 e. The zero-order valence-electron chi connectivity index (χ0n) is 14.6. The van der Waals surface area contributed by atoms with E-state index in [1.165, 1.54) is 12.1 Å². The summed E-state index contributed by atoms with van der Waals surface area (Å²) in [5.74, 6) is 0.444. The van der Waals surface area contributed by atoms with Gasteiger partial charge in [0.05, 0.1) is 18.2 Å². The van der Waals surface area contributed by atoms with Gasteiger partial charge in [-0.05, 0) is 56.5 Å². The van der Waals surface area contributed by atoms with Crippen LogP contribution in [0.3, 0.4) is 0 Å². The van der Waals surface area contributed by atoms with Crippen molar-refractivity contribution in [3.63, 3.8) is 0 Å². The van der Waals surface area contributed by atoms with E-state index in [2.05, 4.69) is 5.32 Å². The van der Waals surface area contributed by atoms with Gasteiger partial charge >= 0.3 is 0 Å². The van der Waals surface area contributed by atoms with Crippen LogP contribution in [-0.4, -0.2) is 29.8 Å². The molecule has 0 saturated heterocycles. The maximum absolute atomic E-state index is 13.3. The Labute approximate surface area is 145 Å². The van der Waals surface area contributed by atoms with Gasteiger partial charge < -0.3 is 14.6 Å². The minimum atomic E-state index is -0.324. The zero-order valence-corrected chi connectivity index (χ0v) is 14.6. The van der Waals surface area contributed by atoms with Gasteiger partial charge in [-0.2, -0.15) is 0 Å². The maximum atomic E-state index is 13.3. The summed E-state index contributed by atoms with van der Waals surface area (Å²) in [6, 6.07) is 6.18. The van der Waals surface area contributed by atoms with E-state index in [-0.39, 0.29) is 30.2 Å². The molecule has 0 aliphatic carbocycles. The highest BCUT2D eigenvalue weighted by Gasteiger charge is 2.28. The Hall–Kier alpha value is -2.63. The van der Waals surface area contributed by atoms with E-state index >= 15 is 0 Å². The molecule has 5 nitrogen and oxygen atoms in total. The summed E-state index contributed by atoms with van der Waals surface area (Å²) in [6.45, 7) is 5.83. The summed E-state index contributed by atoms with van der Waals surface area (Å²) < 4.78 is 18.7. The lowest BCUT2D eigenvalue weighted by atomic mass is 9.93. The molecule has 1 N–H and O–H groups in total. The highest BCUT2D eigenvalue weighted by Crippen LogP contribution is 2.29. The second-order valence-corrected chi connectivity index (χ2v) is 6.37. The van der Waals surface area contributed by atoms with Crippen LogP contribution in [-0.2, 0) is 11.2 Å². The first-order chi connectivity index (χ1) is 11.9. The fourth-order valence-corrected chi connectivity index (χ4v) is 3.35. The SMILES string of the molecule is Cc1cc(C(=O)NCC(=O)N2CCc3cc(F)ccc3[C@H]2C)c(C)o1. The number of amides is 2. The van der Waals surface area contributed by atoms with Crippen LogP contribution < -0.4 is 5.32 Å². The van der Waals surface area contributed by atoms with Gasteiger partial charge in [-0.25, -0.2) is 4.39 Å². The van der Waals surface area contributed by atoms with E-state index in [4.69, 9.17) is 4.42 Å². The molecule has 0 bridgehead atoms. The molecule has 1 atom stereocenters. The summed E-state index contributed by atoms with van der Waals surface area (Å²) in [5, 5.41) is 2.65. The van der Waals surface area contributed by atoms with E-state index in [9.17, 15) is 14.0 Å². The number of nitrogens with one attached hydrogen (secondary N) is 1. The van der Waals surface area contributed by atoms with Crippen molar-refractivity contribution in [2.45, 2.75) is 33.2 Å². The number of fused-ring (bicyclic) bond motifs is 1. The van der Waals surface area contributed by atoms with Crippen LogP contribution in [0.1, 0.15) is 46.0 Å². The molecule has 6 heteroatoms. The number of hydrogen-bond acceptors (Lipinski definition) is 3. The average molecular weight is 344 g/mol. The van der Waals surface area contributed by atoms with E-state index in [0.29, 0.717) is 30.0 Å². The Balaban J connectivity index is 1.65. The molecule has 0 spiro atoms. The normalized spacial score (nSPS) is 16.5. The summed E-state index contributed by atoms with van der Waals surface area (Å²) in [6.07, 6.45) is 0.608. The number of halogens is 1. The van der Waals surface area contributed by atoms with E-state index < -0.39 is 0 Å². The molecule has 25 heavy (non-hydrogen) atoms. The monoisotopic (exact) mass is 344 g/mol. The lowest BCUT2D eigenvalue weighted by molar-refractivity contribution is -0.132. The predicted octanol–water partition coefficient (Wildman–Crippen LogP) is 2.91. The molecule has 2 amide bonds. The standard InChI is InChI=1S/C19H21FN2O3/c1-11-8-17(13(3)25-11)19(24)21-10-18(23)22-7-6-14-9-15(20)4-5-16(14)12(22)2/h4-5,8-9,12H,6-7,10H2,1-3H3,(H,21,24)/t12-/m1/s1. The van der Waals surface area contributed by atoms with Crippen LogP contribution >= 0.6 is 0 Å². The molecule has 1 aliphatic rings. The molecule has 0 fully saturated rings. The van der Waals surface area contributed by atoms with Crippen molar-refractivity contribution in [3.05, 3.63) is 58.3 Å². The van der Waals surface area contributed by atoms with E-state index in [1.54, 1.807) is 30.9 Å². The first-order valence-corrected chi connectivity index (χ1v) is 8.30. The topological polar surface area (TPSA) is 62.6 Å². The number of nitrogens with zero attached hydrogens (tertiary/aromatic N) is 1. The average Bonchev–Trinajstić information content (AvgIpc) is 2.91. The maximum Gasteiger partial charge on any atom is 0.255 e. The van der Waals surface area contributed by atoms with Gasteiger partial charge in [0.15, 0.2) is 0 Å². The molecular weight excluding hydrogens is 323 g/mol. The molecule has 0 radical (unpaired) electrons. The fourth-order valence-electron chi connectivity index (χ4n) is 3.35. The lowest BCUT2D eigenvalue weighted by Crippen LogP contribution is -2.44. The quantitative estimate of drug-likeness (QED) is 0.931. The van der Waals surface area contributed by atoms with Crippen molar-refractivity contribution in [3.8, 4) is 0 Å². The van der Waals surface area contributed by atoms with E-state index in [0.717, 1.165) is 11.1 Å². The number of aryl methyl sites for hydroxylation is 2. The molecule has 2 heterocycles. The van der Waals surface area contributed by atoms with Crippen molar-refractivity contribution in [1.82, 2.24) is 10.2 Å². The van der Waals surface area contributed by atoms with Gasteiger partial charge in [0, 0.05) is 6.54 Å². The highest BCUT2D eigenvalue weighted by atomic mass is 19.1. The number of carbonyl (C=O) groups is 2. The predicted molar refractivity (Wildman–Crippen MR) is 90.7 cm³/mol. The highest BCUT2D eigenvalue weighted by molar-refractivity contribution is 5.97.